The third-order valence-corrected chi connectivity index (χ3v) is 4.30. The minimum Gasteiger partial charge on any atom is -0.293 e. The maximum absolute atomic E-state index is 12.0. The van der Waals surface area contributed by atoms with Crippen LogP contribution in [0.1, 0.15) is 36.4 Å². The zero-order chi connectivity index (χ0) is 11.5. The van der Waals surface area contributed by atoms with E-state index in [-0.39, 0.29) is 5.78 Å². The van der Waals surface area contributed by atoms with Crippen LogP contribution in [0.4, 0.5) is 0 Å². The SMILES string of the molecule is CC1CCC(C)N(CC(=O)c2cccs2)C1. The second kappa shape index (κ2) is 5.11. The van der Waals surface area contributed by atoms with Crippen LogP contribution in [-0.2, 0) is 0 Å². The predicted octanol–water partition coefficient (Wildman–Crippen LogP) is 3.05. The topological polar surface area (TPSA) is 20.3 Å². The maximum atomic E-state index is 12.0. The minimum atomic E-state index is 0.274. The first-order chi connectivity index (χ1) is 7.66. The summed E-state index contributed by atoms with van der Waals surface area (Å²) in [6, 6.07) is 4.42. The molecule has 0 N–H and O–H groups in total. The Balaban J connectivity index is 1.95. The van der Waals surface area contributed by atoms with Gasteiger partial charge in [-0.15, -0.1) is 11.3 Å². The summed E-state index contributed by atoms with van der Waals surface area (Å²) in [5.74, 6) is 1.00. The highest BCUT2D eigenvalue weighted by Gasteiger charge is 2.24. The molecule has 0 saturated carbocycles. The molecule has 1 aliphatic heterocycles. The lowest BCUT2D eigenvalue weighted by atomic mass is 9.95. The number of hydrogen-bond acceptors (Lipinski definition) is 3. The van der Waals surface area contributed by atoms with Gasteiger partial charge in [0, 0.05) is 12.6 Å². The molecule has 3 heteroatoms. The third kappa shape index (κ3) is 2.71. The Morgan fingerprint density at radius 3 is 3.00 bits per heavy atom. The second-order valence-electron chi connectivity index (χ2n) is 4.86. The van der Waals surface area contributed by atoms with Crippen molar-refractivity contribution < 1.29 is 4.79 Å². The molecular weight excluding hydrogens is 218 g/mol. The first kappa shape index (κ1) is 11.8. The highest BCUT2D eigenvalue weighted by atomic mass is 32.1. The van der Waals surface area contributed by atoms with Crippen LogP contribution in [0.5, 0.6) is 0 Å². The Labute approximate surface area is 101 Å². The number of rotatable bonds is 3. The van der Waals surface area contributed by atoms with E-state index in [0.29, 0.717) is 12.6 Å². The molecule has 0 bridgehead atoms. The van der Waals surface area contributed by atoms with Crippen molar-refractivity contribution in [3.05, 3.63) is 22.4 Å². The first-order valence-corrected chi connectivity index (χ1v) is 6.85. The number of thiophene rings is 1. The Kier molecular flexibility index (Phi) is 3.77. The lowest BCUT2D eigenvalue weighted by Crippen LogP contribution is -2.43. The van der Waals surface area contributed by atoms with Gasteiger partial charge in [-0.2, -0.15) is 0 Å². The van der Waals surface area contributed by atoms with Crippen molar-refractivity contribution in [2.75, 3.05) is 13.1 Å². The van der Waals surface area contributed by atoms with E-state index in [9.17, 15) is 4.79 Å². The van der Waals surface area contributed by atoms with Crippen molar-refractivity contribution in [3.8, 4) is 0 Å². The molecular formula is C13H19NOS. The molecule has 1 fully saturated rings. The van der Waals surface area contributed by atoms with Crippen molar-refractivity contribution in [2.24, 2.45) is 5.92 Å². The van der Waals surface area contributed by atoms with Gasteiger partial charge in [-0.25, -0.2) is 0 Å². The highest BCUT2D eigenvalue weighted by Crippen LogP contribution is 2.22. The van der Waals surface area contributed by atoms with Gasteiger partial charge in [0.25, 0.3) is 0 Å². The lowest BCUT2D eigenvalue weighted by Gasteiger charge is -2.36. The summed E-state index contributed by atoms with van der Waals surface area (Å²) in [5, 5.41) is 1.97. The van der Waals surface area contributed by atoms with Gasteiger partial charge in [0.05, 0.1) is 11.4 Å². The van der Waals surface area contributed by atoms with Crippen LogP contribution < -0.4 is 0 Å². The quantitative estimate of drug-likeness (QED) is 0.753. The van der Waals surface area contributed by atoms with E-state index < -0.39 is 0 Å². The molecule has 16 heavy (non-hydrogen) atoms. The molecule has 0 amide bonds. The van der Waals surface area contributed by atoms with Gasteiger partial charge >= 0.3 is 0 Å². The molecule has 88 valence electrons. The summed E-state index contributed by atoms with van der Waals surface area (Å²) in [5.41, 5.74) is 0. The zero-order valence-electron chi connectivity index (χ0n) is 9.98. The second-order valence-corrected chi connectivity index (χ2v) is 5.81. The molecule has 0 spiro atoms. The number of hydrogen-bond donors (Lipinski definition) is 0. The van der Waals surface area contributed by atoms with Crippen molar-refractivity contribution in [1.82, 2.24) is 4.90 Å². The largest absolute Gasteiger partial charge is 0.293 e. The monoisotopic (exact) mass is 237 g/mol. The highest BCUT2D eigenvalue weighted by molar-refractivity contribution is 7.12. The predicted molar refractivity (Wildman–Crippen MR) is 68.1 cm³/mol. The van der Waals surface area contributed by atoms with Gasteiger partial charge < -0.3 is 0 Å². The van der Waals surface area contributed by atoms with Crippen LogP contribution in [0.15, 0.2) is 17.5 Å². The van der Waals surface area contributed by atoms with E-state index in [1.165, 1.54) is 12.8 Å². The molecule has 2 atom stereocenters. The van der Waals surface area contributed by atoms with Crippen LogP contribution in [0.3, 0.4) is 0 Å². The fourth-order valence-electron chi connectivity index (χ4n) is 2.30. The van der Waals surface area contributed by atoms with Crippen LogP contribution >= 0.6 is 11.3 Å². The lowest BCUT2D eigenvalue weighted by molar-refractivity contribution is 0.0809. The van der Waals surface area contributed by atoms with E-state index >= 15 is 0 Å². The third-order valence-electron chi connectivity index (χ3n) is 3.39. The zero-order valence-corrected chi connectivity index (χ0v) is 10.8. The molecule has 0 aliphatic carbocycles. The van der Waals surface area contributed by atoms with E-state index in [2.05, 4.69) is 18.7 Å². The summed E-state index contributed by atoms with van der Waals surface area (Å²) < 4.78 is 0. The molecule has 2 unspecified atom stereocenters. The molecule has 1 aliphatic rings. The molecule has 1 aromatic heterocycles. The number of Topliss-reactive ketones (excluding diaryl/α,β-unsaturated/α-hetero) is 1. The summed E-state index contributed by atoms with van der Waals surface area (Å²) in [6.07, 6.45) is 2.52. The number of likely N-dealkylation sites (tertiary alicyclic amines) is 1. The number of carbonyl (C=O) groups excluding carboxylic acids is 1. The van der Waals surface area contributed by atoms with Crippen molar-refractivity contribution in [3.63, 3.8) is 0 Å². The number of ketones is 1. The summed E-state index contributed by atoms with van der Waals surface area (Å²) in [7, 11) is 0. The Morgan fingerprint density at radius 1 is 1.50 bits per heavy atom. The standard InChI is InChI=1S/C13H19NOS/c1-10-5-6-11(2)14(8-10)9-12(15)13-4-3-7-16-13/h3-4,7,10-11H,5-6,8-9H2,1-2H3. The molecule has 0 radical (unpaired) electrons. The van der Waals surface area contributed by atoms with Crippen LogP contribution in [0.2, 0.25) is 0 Å². The van der Waals surface area contributed by atoms with Gasteiger partial charge in [-0.1, -0.05) is 13.0 Å². The van der Waals surface area contributed by atoms with Gasteiger partial charge in [-0.05, 0) is 37.1 Å². The Hall–Kier alpha value is -0.670. The van der Waals surface area contributed by atoms with E-state index in [1.807, 2.05) is 17.5 Å². The number of piperidine rings is 1. The fraction of sp³-hybridized carbons (Fsp3) is 0.615. The molecule has 1 saturated heterocycles. The Bertz CT molecular complexity index is 347. The summed E-state index contributed by atoms with van der Waals surface area (Å²) in [4.78, 5) is 15.2. The van der Waals surface area contributed by atoms with Crippen LogP contribution in [-0.4, -0.2) is 29.8 Å². The fourth-order valence-corrected chi connectivity index (χ4v) is 2.96. The normalized spacial score (nSPS) is 26.9. The Morgan fingerprint density at radius 2 is 2.31 bits per heavy atom. The van der Waals surface area contributed by atoms with E-state index in [0.717, 1.165) is 17.3 Å². The average molecular weight is 237 g/mol. The average Bonchev–Trinajstić information content (AvgIpc) is 2.76. The van der Waals surface area contributed by atoms with Crippen molar-refractivity contribution in [1.29, 1.82) is 0 Å². The summed E-state index contributed by atoms with van der Waals surface area (Å²) in [6.45, 7) is 6.16. The van der Waals surface area contributed by atoms with Gasteiger partial charge in [-0.3, -0.25) is 9.69 Å². The molecule has 1 aromatic rings. The van der Waals surface area contributed by atoms with Gasteiger partial charge in [0.1, 0.15) is 0 Å². The van der Waals surface area contributed by atoms with E-state index in [1.54, 1.807) is 11.3 Å². The van der Waals surface area contributed by atoms with Gasteiger partial charge in [0.15, 0.2) is 5.78 Å². The number of carbonyl (C=O) groups is 1. The molecule has 2 nitrogen and oxygen atoms in total. The number of nitrogens with zero attached hydrogens (tertiary/aromatic N) is 1. The summed E-state index contributed by atoms with van der Waals surface area (Å²) >= 11 is 1.55. The maximum Gasteiger partial charge on any atom is 0.186 e. The van der Waals surface area contributed by atoms with Crippen LogP contribution in [0.25, 0.3) is 0 Å². The smallest absolute Gasteiger partial charge is 0.186 e. The van der Waals surface area contributed by atoms with Gasteiger partial charge in [0.2, 0.25) is 0 Å². The van der Waals surface area contributed by atoms with Crippen LogP contribution in [0, 0.1) is 5.92 Å². The minimum absolute atomic E-state index is 0.274. The van der Waals surface area contributed by atoms with Crippen molar-refractivity contribution in [2.45, 2.75) is 32.7 Å². The molecule has 2 heterocycles. The van der Waals surface area contributed by atoms with Crippen molar-refractivity contribution >= 4 is 17.1 Å². The van der Waals surface area contributed by atoms with E-state index in [4.69, 9.17) is 0 Å². The molecule has 0 aromatic carbocycles. The molecule has 2 rings (SSSR count). The first-order valence-electron chi connectivity index (χ1n) is 5.97.